The first kappa shape index (κ1) is 20.7. The Labute approximate surface area is 174 Å². The third-order valence-corrected chi connectivity index (χ3v) is 4.52. The number of carbonyl (C=O) groups is 3. The Balaban J connectivity index is 1.66. The number of rotatable bonds is 8. The zero-order valence-electron chi connectivity index (χ0n) is 16.7. The van der Waals surface area contributed by atoms with Crippen LogP contribution in [0.15, 0.2) is 60.8 Å². The highest BCUT2D eigenvalue weighted by Gasteiger charge is 2.13. The van der Waals surface area contributed by atoms with E-state index in [0.717, 1.165) is 16.8 Å². The predicted octanol–water partition coefficient (Wildman–Crippen LogP) is 2.67. The molecule has 3 aromatic rings. The molecule has 0 fully saturated rings. The molecule has 3 rings (SSSR count). The number of hydrogen-bond acceptors (Lipinski definition) is 4. The topological polar surface area (TPSA) is 104 Å². The van der Waals surface area contributed by atoms with Crippen molar-refractivity contribution in [3.8, 4) is 11.1 Å². The van der Waals surface area contributed by atoms with Crippen molar-refractivity contribution >= 4 is 35.3 Å². The molecule has 8 heteroatoms. The van der Waals surface area contributed by atoms with Crippen LogP contribution in [0.3, 0.4) is 0 Å². The minimum Gasteiger partial charge on any atom is -0.388 e. The first-order chi connectivity index (χ1) is 14.5. The van der Waals surface area contributed by atoms with Crippen LogP contribution in [0.25, 0.3) is 11.1 Å². The Kier molecular flexibility index (Phi) is 6.49. The first-order valence-corrected chi connectivity index (χ1v) is 9.33. The van der Waals surface area contributed by atoms with Crippen molar-refractivity contribution in [2.45, 2.75) is 0 Å². The predicted molar refractivity (Wildman–Crippen MR) is 117 cm³/mol. The normalized spacial score (nSPS) is 10.2. The average Bonchev–Trinajstić information content (AvgIpc) is 3.15. The van der Waals surface area contributed by atoms with Crippen LogP contribution in [-0.4, -0.2) is 36.4 Å². The summed E-state index contributed by atoms with van der Waals surface area (Å²) in [6.07, 6.45) is 2.37. The van der Waals surface area contributed by atoms with Crippen LogP contribution in [0.4, 0.5) is 17.1 Å². The minimum atomic E-state index is -0.335. The van der Waals surface area contributed by atoms with E-state index in [0.29, 0.717) is 23.5 Å². The lowest BCUT2D eigenvalue weighted by Gasteiger charge is -2.08. The molecule has 8 nitrogen and oxygen atoms in total. The molecule has 154 valence electrons. The van der Waals surface area contributed by atoms with E-state index in [1.165, 1.54) is 0 Å². The summed E-state index contributed by atoms with van der Waals surface area (Å²) in [7, 11) is 3.69. The molecule has 0 aliphatic carbocycles. The maximum absolute atomic E-state index is 12.7. The molecular formula is C22H23N5O3. The number of aromatic nitrogens is 1. The van der Waals surface area contributed by atoms with Crippen molar-refractivity contribution in [1.29, 1.82) is 0 Å². The Morgan fingerprint density at radius 1 is 0.900 bits per heavy atom. The lowest BCUT2D eigenvalue weighted by Crippen LogP contribution is -2.26. The molecule has 0 spiro atoms. The molecule has 0 bridgehead atoms. The van der Waals surface area contributed by atoms with Crippen molar-refractivity contribution < 1.29 is 14.4 Å². The Morgan fingerprint density at radius 2 is 1.50 bits per heavy atom. The SMILES string of the molecule is CNc1ccc(-c2cc(C(=O)Nc3ccc(NC(=O)CNC=O)cc3)n(C)c2)cc1. The lowest BCUT2D eigenvalue weighted by atomic mass is 10.1. The van der Waals surface area contributed by atoms with Gasteiger partial charge in [-0.25, -0.2) is 0 Å². The Hall–Kier alpha value is -4.07. The second kappa shape index (κ2) is 9.42. The molecule has 3 amide bonds. The number of aryl methyl sites for hydroxylation is 1. The maximum atomic E-state index is 12.7. The summed E-state index contributed by atoms with van der Waals surface area (Å²) in [5, 5.41) is 10.9. The van der Waals surface area contributed by atoms with E-state index >= 15 is 0 Å². The van der Waals surface area contributed by atoms with Gasteiger partial charge in [0.25, 0.3) is 5.91 Å². The van der Waals surface area contributed by atoms with Crippen LogP contribution in [0, 0.1) is 0 Å². The highest BCUT2D eigenvalue weighted by molar-refractivity contribution is 6.04. The largest absolute Gasteiger partial charge is 0.388 e. The molecular weight excluding hydrogens is 382 g/mol. The molecule has 0 saturated heterocycles. The number of nitrogens with one attached hydrogen (secondary N) is 4. The zero-order valence-corrected chi connectivity index (χ0v) is 16.7. The van der Waals surface area contributed by atoms with E-state index in [9.17, 15) is 14.4 Å². The quantitative estimate of drug-likeness (QED) is 0.433. The van der Waals surface area contributed by atoms with Gasteiger partial charge in [-0.05, 0) is 48.0 Å². The molecule has 0 unspecified atom stereocenters. The van der Waals surface area contributed by atoms with Crippen LogP contribution in [0.2, 0.25) is 0 Å². The second-order valence-electron chi connectivity index (χ2n) is 6.63. The van der Waals surface area contributed by atoms with E-state index < -0.39 is 0 Å². The standard InChI is InChI=1S/C22H23N5O3/c1-23-17-5-3-15(4-6-17)16-11-20(27(2)13-16)22(30)26-19-9-7-18(8-10-19)25-21(29)12-24-14-28/h3-11,13-14,23H,12H2,1-2H3,(H,24,28)(H,25,29)(H,26,30). The molecule has 0 radical (unpaired) electrons. The van der Waals surface area contributed by atoms with Crippen LogP contribution >= 0.6 is 0 Å². The average molecular weight is 405 g/mol. The van der Waals surface area contributed by atoms with Crippen molar-refractivity contribution in [1.82, 2.24) is 9.88 Å². The van der Waals surface area contributed by atoms with Crippen molar-refractivity contribution in [3.05, 3.63) is 66.5 Å². The number of nitrogens with zero attached hydrogens (tertiary/aromatic N) is 1. The fourth-order valence-corrected chi connectivity index (χ4v) is 2.95. The van der Waals surface area contributed by atoms with E-state index in [1.807, 2.05) is 50.6 Å². The van der Waals surface area contributed by atoms with Gasteiger partial charge in [0.1, 0.15) is 5.69 Å². The fourth-order valence-electron chi connectivity index (χ4n) is 2.95. The van der Waals surface area contributed by atoms with E-state index in [2.05, 4.69) is 21.3 Å². The number of amides is 3. The summed E-state index contributed by atoms with van der Waals surface area (Å²) in [4.78, 5) is 34.5. The van der Waals surface area contributed by atoms with Crippen molar-refractivity contribution in [2.24, 2.45) is 7.05 Å². The Bertz CT molecular complexity index is 1040. The third kappa shape index (κ3) is 5.05. The fraction of sp³-hybridized carbons (Fsp3) is 0.136. The minimum absolute atomic E-state index is 0.102. The molecule has 1 heterocycles. The molecule has 2 aromatic carbocycles. The van der Waals surface area contributed by atoms with Gasteiger partial charge in [0.2, 0.25) is 12.3 Å². The molecule has 0 aliphatic rings. The number of carbonyl (C=O) groups excluding carboxylic acids is 3. The van der Waals surface area contributed by atoms with Gasteiger partial charge in [0.15, 0.2) is 0 Å². The highest BCUT2D eigenvalue weighted by atomic mass is 16.2. The summed E-state index contributed by atoms with van der Waals surface area (Å²) in [5.74, 6) is -0.569. The third-order valence-electron chi connectivity index (χ3n) is 4.52. The van der Waals surface area contributed by atoms with Crippen molar-refractivity contribution in [3.63, 3.8) is 0 Å². The molecule has 0 atom stereocenters. The van der Waals surface area contributed by atoms with Crippen molar-refractivity contribution in [2.75, 3.05) is 29.5 Å². The summed E-state index contributed by atoms with van der Waals surface area (Å²) in [6.45, 7) is -0.102. The highest BCUT2D eigenvalue weighted by Crippen LogP contribution is 2.24. The van der Waals surface area contributed by atoms with Gasteiger partial charge in [-0.15, -0.1) is 0 Å². The smallest absolute Gasteiger partial charge is 0.272 e. The maximum Gasteiger partial charge on any atom is 0.272 e. The number of anilines is 3. The zero-order chi connectivity index (χ0) is 21.5. The van der Waals surface area contributed by atoms with Gasteiger partial charge < -0.3 is 25.8 Å². The lowest BCUT2D eigenvalue weighted by molar-refractivity contribution is -0.118. The molecule has 0 aliphatic heterocycles. The van der Waals surface area contributed by atoms with Crippen LogP contribution in [-0.2, 0) is 16.6 Å². The molecule has 0 saturated carbocycles. The van der Waals surface area contributed by atoms with Gasteiger partial charge in [-0.1, -0.05) is 12.1 Å². The number of hydrogen-bond donors (Lipinski definition) is 4. The molecule has 1 aromatic heterocycles. The number of benzene rings is 2. The summed E-state index contributed by atoms with van der Waals surface area (Å²) in [5.41, 5.74) is 4.69. The first-order valence-electron chi connectivity index (χ1n) is 9.33. The van der Waals surface area contributed by atoms with Crippen LogP contribution in [0.5, 0.6) is 0 Å². The van der Waals surface area contributed by atoms with E-state index in [4.69, 9.17) is 0 Å². The van der Waals surface area contributed by atoms with Crippen LogP contribution in [0.1, 0.15) is 10.5 Å². The van der Waals surface area contributed by atoms with Gasteiger partial charge in [0, 0.05) is 42.9 Å². The van der Waals surface area contributed by atoms with Crippen LogP contribution < -0.4 is 21.3 Å². The summed E-state index contributed by atoms with van der Waals surface area (Å²) >= 11 is 0. The molecule has 30 heavy (non-hydrogen) atoms. The monoisotopic (exact) mass is 405 g/mol. The summed E-state index contributed by atoms with van der Waals surface area (Å²) < 4.78 is 1.78. The Morgan fingerprint density at radius 3 is 2.10 bits per heavy atom. The van der Waals surface area contributed by atoms with Gasteiger partial charge in [-0.2, -0.15) is 0 Å². The summed E-state index contributed by atoms with van der Waals surface area (Å²) in [6, 6.07) is 16.6. The van der Waals surface area contributed by atoms with Gasteiger partial charge in [-0.3, -0.25) is 14.4 Å². The van der Waals surface area contributed by atoms with E-state index in [1.54, 1.807) is 28.8 Å². The molecule has 4 N–H and O–H groups in total. The second-order valence-corrected chi connectivity index (χ2v) is 6.63. The van der Waals surface area contributed by atoms with Gasteiger partial charge in [0.05, 0.1) is 6.54 Å². The van der Waals surface area contributed by atoms with E-state index in [-0.39, 0.29) is 18.4 Å². The van der Waals surface area contributed by atoms with Gasteiger partial charge >= 0.3 is 0 Å².